The van der Waals surface area contributed by atoms with Crippen molar-refractivity contribution in [2.45, 2.75) is 6.92 Å². The van der Waals surface area contributed by atoms with E-state index in [2.05, 4.69) is 0 Å². The fourth-order valence-electron chi connectivity index (χ4n) is 1.49. The Kier molecular flexibility index (Phi) is 2.48. The van der Waals surface area contributed by atoms with Crippen LogP contribution >= 0.6 is 0 Å². The minimum Gasteiger partial charge on any atom is -0.504 e. The Labute approximate surface area is 91.1 Å². The molecule has 0 atom stereocenters. The van der Waals surface area contributed by atoms with Crippen molar-refractivity contribution in [3.63, 3.8) is 0 Å². The largest absolute Gasteiger partial charge is 0.504 e. The van der Waals surface area contributed by atoms with Gasteiger partial charge >= 0.3 is 5.97 Å². The number of phenolic OH excluding ortho intramolecular Hbond substituents is 1. The van der Waals surface area contributed by atoms with Gasteiger partial charge in [0, 0.05) is 12.3 Å². The zero-order valence-corrected chi connectivity index (χ0v) is 8.53. The molecule has 0 radical (unpaired) electrons. The Hall–Kier alpha value is -2.10. The molecule has 0 spiro atoms. The summed E-state index contributed by atoms with van der Waals surface area (Å²) in [5, 5.41) is 10.5. The molecule has 0 amide bonds. The van der Waals surface area contributed by atoms with Gasteiger partial charge in [0.2, 0.25) is 0 Å². The van der Waals surface area contributed by atoms with E-state index in [4.69, 9.17) is 4.74 Å². The van der Waals surface area contributed by atoms with Gasteiger partial charge in [0.05, 0.1) is 0 Å². The smallest absolute Gasteiger partial charge is 0.308 e. The second-order valence-corrected chi connectivity index (χ2v) is 3.37. The number of fused-ring (bicyclic) bond motifs is 1. The third-order valence-electron chi connectivity index (χ3n) is 2.18. The van der Waals surface area contributed by atoms with Crippen LogP contribution in [0, 0.1) is 5.82 Å². The number of esters is 1. The molecule has 0 saturated heterocycles. The maximum atomic E-state index is 13.1. The standard InChI is InChI=1S/C12H9FO3/c1-7(14)16-9-4-2-8-3-5-11(13)12(15)10(8)6-9/h2-6,15H,1H3. The van der Waals surface area contributed by atoms with E-state index in [1.54, 1.807) is 18.2 Å². The van der Waals surface area contributed by atoms with E-state index in [9.17, 15) is 14.3 Å². The second kappa shape index (κ2) is 3.81. The lowest BCUT2D eigenvalue weighted by molar-refractivity contribution is -0.131. The Morgan fingerprint density at radius 3 is 2.69 bits per heavy atom. The first-order chi connectivity index (χ1) is 7.58. The maximum absolute atomic E-state index is 13.1. The van der Waals surface area contributed by atoms with Gasteiger partial charge in [0.25, 0.3) is 0 Å². The van der Waals surface area contributed by atoms with E-state index in [1.165, 1.54) is 19.1 Å². The number of hydrogen-bond donors (Lipinski definition) is 1. The third-order valence-corrected chi connectivity index (χ3v) is 2.18. The lowest BCUT2D eigenvalue weighted by Gasteiger charge is -2.05. The van der Waals surface area contributed by atoms with E-state index in [0.717, 1.165) is 0 Å². The molecule has 82 valence electrons. The van der Waals surface area contributed by atoms with E-state index in [0.29, 0.717) is 10.8 Å². The number of phenols is 1. The van der Waals surface area contributed by atoms with Crippen molar-refractivity contribution in [1.82, 2.24) is 0 Å². The molecule has 0 aromatic heterocycles. The van der Waals surface area contributed by atoms with Crippen molar-refractivity contribution >= 4 is 16.7 Å². The maximum Gasteiger partial charge on any atom is 0.308 e. The second-order valence-electron chi connectivity index (χ2n) is 3.37. The normalized spacial score (nSPS) is 10.4. The number of carbonyl (C=O) groups is 1. The molecule has 0 saturated carbocycles. The highest BCUT2D eigenvalue weighted by atomic mass is 19.1. The van der Waals surface area contributed by atoms with Gasteiger partial charge in [-0.3, -0.25) is 4.79 Å². The molecule has 1 N–H and O–H groups in total. The highest BCUT2D eigenvalue weighted by Gasteiger charge is 2.07. The highest BCUT2D eigenvalue weighted by molar-refractivity contribution is 5.89. The molecule has 0 aliphatic carbocycles. The molecule has 0 bridgehead atoms. The topological polar surface area (TPSA) is 46.5 Å². The Bertz CT molecular complexity index is 563. The summed E-state index contributed by atoms with van der Waals surface area (Å²) in [7, 11) is 0. The minimum absolute atomic E-state index is 0.279. The van der Waals surface area contributed by atoms with Crippen molar-refractivity contribution in [2.75, 3.05) is 0 Å². The van der Waals surface area contributed by atoms with Crippen LogP contribution in [-0.4, -0.2) is 11.1 Å². The summed E-state index contributed by atoms with van der Waals surface area (Å²) in [6.07, 6.45) is 0. The van der Waals surface area contributed by atoms with Gasteiger partial charge in [0.15, 0.2) is 11.6 Å². The molecule has 0 aliphatic rings. The quantitative estimate of drug-likeness (QED) is 0.593. The van der Waals surface area contributed by atoms with Crippen LogP contribution in [0.1, 0.15) is 6.92 Å². The summed E-state index contributed by atoms with van der Waals surface area (Å²) in [6.45, 7) is 1.27. The summed E-state index contributed by atoms with van der Waals surface area (Å²) in [5.41, 5.74) is 0. The van der Waals surface area contributed by atoms with Gasteiger partial charge in [-0.2, -0.15) is 0 Å². The van der Waals surface area contributed by atoms with Gasteiger partial charge in [-0.05, 0) is 23.6 Å². The molecular weight excluding hydrogens is 211 g/mol. The number of carbonyl (C=O) groups excluding carboxylic acids is 1. The van der Waals surface area contributed by atoms with Crippen LogP contribution in [0.15, 0.2) is 30.3 Å². The number of benzene rings is 2. The molecule has 16 heavy (non-hydrogen) atoms. The van der Waals surface area contributed by atoms with Crippen LogP contribution in [0.5, 0.6) is 11.5 Å². The van der Waals surface area contributed by atoms with E-state index < -0.39 is 17.5 Å². The van der Waals surface area contributed by atoms with Crippen molar-refractivity contribution in [3.8, 4) is 11.5 Å². The first kappa shape index (κ1) is 10.4. The van der Waals surface area contributed by atoms with E-state index >= 15 is 0 Å². The average molecular weight is 220 g/mol. The molecule has 2 rings (SSSR count). The third kappa shape index (κ3) is 1.82. The first-order valence-corrected chi connectivity index (χ1v) is 4.67. The molecule has 0 fully saturated rings. The van der Waals surface area contributed by atoms with Crippen LogP contribution in [-0.2, 0) is 4.79 Å². The number of hydrogen-bond acceptors (Lipinski definition) is 3. The molecule has 2 aromatic carbocycles. The van der Waals surface area contributed by atoms with Crippen molar-refractivity contribution in [2.24, 2.45) is 0 Å². The number of halogens is 1. The van der Waals surface area contributed by atoms with Crippen LogP contribution < -0.4 is 4.74 Å². The van der Waals surface area contributed by atoms with Crippen molar-refractivity contribution < 1.29 is 19.0 Å². The lowest BCUT2D eigenvalue weighted by Crippen LogP contribution is -2.00. The van der Waals surface area contributed by atoms with E-state index in [1.807, 2.05) is 0 Å². The SMILES string of the molecule is CC(=O)Oc1ccc2ccc(F)c(O)c2c1. The van der Waals surface area contributed by atoms with Crippen LogP contribution in [0.3, 0.4) is 0 Å². The molecule has 0 unspecified atom stereocenters. The summed E-state index contributed by atoms with van der Waals surface area (Å²) >= 11 is 0. The van der Waals surface area contributed by atoms with Gasteiger partial charge in [0.1, 0.15) is 5.75 Å². The molecule has 2 aromatic rings. The summed E-state index contributed by atoms with van der Waals surface area (Å²) in [5.74, 6) is -1.32. The minimum atomic E-state index is -0.701. The monoisotopic (exact) mass is 220 g/mol. The summed E-state index contributed by atoms with van der Waals surface area (Å²) in [4.78, 5) is 10.7. The van der Waals surface area contributed by atoms with Crippen molar-refractivity contribution in [3.05, 3.63) is 36.1 Å². The van der Waals surface area contributed by atoms with Gasteiger partial charge < -0.3 is 9.84 Å². The van der Waals surface area contributed by atoms with E-state index in [-0.39, 0.29) is 5.75 Å². The first-order valence-electron chi connectivity index (χ1n) is 4.67. The Morgan fingerprint density at radius 2 is 2.00 bits per heavy atom. The van der Waals surface area contributed by atoms with Crippen molar-refractivity contribution in [1.29, 1.82) is 0 Å². The number of aromatic hydroxyl groups is 1. The molecule has 4 heteroatoms. The average Bonchev–Trinajstić information content (AvgIpc) is 2.23. The Balaban J connectivity index is 2.59. The van der Waals surface area contributed by atoms with Gasteiger partial charge in [-0.25, -0.2) is 4.39 Å². The van der Waals surface area contributed by atoms with Crippen LogP contribution in [0.25, 0.3) is 10.8 Å². The molecule has 3 nitrogen and oxygen atoms in total. The fraction of sp³-hybridized carbons (Fsp3) is 0.0833. The van der Waals surface area contributed by atoms with Gasteiger partial charge in [-0.1, -0.05) is 12.1 Å². The molecule has 0 aliphatic heterocycles. The number of rotatable bonds is 1. The summed E-state index contributed by atoms with van der Waals surface area (Å²) in [6, 6.07) is 7.38. The van der Waals surface area contributed by atoms with Crippen LogP contribution in [0.2, 0.25) is 0 Å². The lowest BCUT2D eigenvalue weighted by atomic mass is 10.1. The van der Waals surface area contributed by atoms with Gasteiger partial charge in [-0.15, -0.1) is 0 Å². The zero-order valence-electron chi connectivity index (χ0n) is 8.53. The highest BCUT2D eigenvalue weighted by Crippen LogP contribution is 2.30. The molecule has 0 heterocycles. The fourth-order valence-corrected chi connectivity index (χ4v) is 1.49. The predicted octanol–water partition coefficient (Wildman–Crippen LogP) is 2.61. The Morgan fingerprint density at radius 1 is 1.31 bits per heavy atom. The molecular formula is C12H9FO3. The summed E-state index contributed by atoms with van der Waals surface area (Å²) < 4.78 is 17.9. The number of ether oxygens (including phenoxy) is 1. The van der Waals surface area contributed by atoms with Crippen LogP contribution in [0.4, 0.5) is 4.39 Å². The zero-order chi connectivity index (χ0) is 11.7. The predicted molar refractivity (Wildman–Crippen MR) is 56.9 cm³/mol.